The number of nitrogens with two attached hydrogens (primary N) is 1. The molecule has 0 spiro atoms. The number of ketones is 2. The number of benzene rings is 1. The van der Waals surface area contributed by atoms with Crippen LogP contribution in [0.2, 0.25) is 0 Å². The first-order valence-corrected chi connectivity index (χ1v) is 12.7. The number of hydrazine groups is 1. The van der Waals surface area contributed by atoms with E-state index in [4.69, 9.17) is 5.73 Å². The summed E-state index contributed by atoms with van der Waals surface area (Å²) in [7, 11) is 0. The molecular formula is C27H30N6O6. The van der Waals surface area contributed by atoms with E-state index in [2.05, 4.69) is 26.5 Å². The molecule has 1 aromatic heterocycles. The highest BCUT2D eigenvalue weighted by atomic mass is 16.2. The summed E-state index contributed by atoms with van der Waals surface area (Å²) in [6.45, 7) is 0.438. The molecule has 204 valence electrons. The predicted molar refractivity (Wildman–Crippen MR) is 140 cm³/mol. The van der Waals surface area contributed by atoms with Gasteiger partial charge in [-0.1, -0.05) is 24.6 Å². The summed E-state index contributed by atoms with van der Waals surface area (Å²) in [6.07, 6.45) is 5.36. The largest absolute Gasteiger partial charge is 0.361 e. The van der Waals surface area contributed by atoms with Crippen LogP contribution in [-0.4, -0.2) is 58.8 Å². The van der Waals surface area contributed by atoms with Crippen LogP contribution >= 0.6 is 0 Å². The maximum Gasteiger partial charge on any atom is 0.254 e. The Balaban J connectivity index is 1.52. The number of aromatic amines is 1. The fraction of sp³-hybridized carbons (Fsp3) is 0.333. The van der Waals surface area contributed by atoms with E-state index in [-0.39, 0.29) is 42.0 Å². The maximum atomic E-state index is 13.4. The van der Waals surface area contributed by atoms with Crippen LogP contribution in [-0.2, 0) is 35.2 Å². The second-order valence-electron chi connectivity index (χ2n) is 9.50. The minimum Gasteiger partial charge on any atom is -0.361 e. The zero-order valence-electron chi connectivity index (χ0n) is 21.2. The second kappa shape index (κ2) is 12.5. The van der Waals surface area contributed by atoms with E-state index >= 15 is 0 Å². The van der Waals surface area contributed by atoms with Crippen LogP contribution in [0.25, 0.3) is 10.9 Å². The quantitative estimate of drug-likeness (QED) is 0.102. The van der Waals surface area contributed by atoms with E-state index in [1.54, 1.807) is 6.20 Å². The number of imide groups is 2. The molecule has 4 amide bonds. The van der Waals surface area contributed by atoms with Crippen molar-refractivity contribution < 1.29 is 28.8 Å². The van der Waals surface area contributed by atoms with Gasteiger partial charge in [0.1, 0.15) is 0 Å². The summed E-state index contributed by atoms with van der Waals surface area (Å²) in [5.41, 5.74) is 13.4. The molecule has 0 unspecified atom stereocenters. The van der Waals surface area contributed by atoms with E-state index < -0.39 is 35.7 Å². The first-order valence-electron chi connectivity index (χ1n) is 12.7. The van der Waals surface area contributed by atoms with Gasteiger partial charge in [0.15, 0.2) is 11.6 Å². The zero-order chi connectivity index (χ0) is 27.9. The molecule has 4 rings (SSSR count). The molecule has 39 heavy (non-hydrogen) atoms. The number of H-pyrrole nitrogens is 1. The molecule has 3 heterocycles. The van der Waals surface area contributed by atoms with Gasteiger partial charge in [0.05, 0.1) is 12.1 Å². The van der Waals surface area contributed by atoms with Crippen molar-refractivity contribution in [1.82, 2.24) is 26.5 Å². The van der Waals surface area contributed by atoms with Gasteiger partial charge in [-0.3, -0.25) is 39.4 Å². The standard InChI is InChI=1S/C27H30N6O6/c28-8-4-3-7-20(22(34)10-15-12-24(36)30-26(15)38)32-33-21(23(35)11-16-13-25(37)31-27(16)39)9-17-14-29-19-6-2-1-5-18(17)19/h1-2,5-6,12-14,20-21,29,32-33H,3-4,7-11,28H2,(H,30,36,38)(H,31,37,39)/t20-,21-/m0/s1. The third-order valence-electron chi connectivity index (χ3n) is 6.65. The molecule has 2 atom stereocenters. The van der Waals surface area contributed by atoms with Crippen molar-refractivity contribution >= 4 is 46.1 Å². The molecule has 0 radical (unpaired) electrons. The van der Waals surface area contributed by atoms with Crippen LogP contribution in [0, 0.1) is 0 Å². The lowest BCUT2D eigenvalue weighted by atomic mass is 9.97. The van der Waals surface area contributed by atoms with Gasteiger partial charge in [-0.2, -0.15) is 0 Å². The average Bonchev–Trinajstić information content (AvgIpc) is 3.55. The molecule has 7 N–H and O–H groups in total. The number of fused-ring (bicyclic) bond motifs is 1. The smallest absolute Gasteiger partial charge is 0.254 e. The summed E-state index contributed by atoms with van der Waals surface area (Å²) >= 11 is 0. The Morgan fingerprint density at radius 1 is 0.821 bits per heavy atom. The molecule has 1 aromatic carbocycles. The first-order chi connectivity index (χ1) is 18.7. The Hall–Kier alpha value is -4.26. The lowest BCUT2D eigenvalue weighted by molar-refractivity contribution is -0.126. The summed E-state index contributed by atoms with van der Waals surface area (Å²) in [6, 6.07) is 5.95. The normalized spacial score (nSPS) is 16.6. The van der Waals surface area contributed by atoms with Crippen molar-refractivity contribution in [3.05, 3.63) is 59.3 Å². The fourth-order valence-corrected chi connectivity index (χ4v) is 4.56. The summed E-state index contributed by atoms with van der Waals surface area (Å²) in [4.78, 5) is 76.7. The topological polar surface area (TPSA) is 192 Å². The number of carbonyl (C=O) groups excluding carboxylic acids is 6. The summed E-state index contributed by atoms with van der Waals surface area (Å²) < 4.78 is 0. The predicted octanol–water partition coefficient (Wildman–Crippen LogP) is -0.245. The molecule has 12 nitrogen and oxygen atoms in total. The van der Waals surface area contributed by atoms with Crippen molar-refractivity contribution in [2.75, 3.05) is 6.54 Å². The van der Waals surface area contributed by atoms with Crippen LogP contribution < -0.4 is 27.2 Å². The molecule has 12 heteroatoms. The molecule has 0 fully saturated rings. The number of amides is 4. The third-order valence-corrected chi connectivity index (χ3v) is 6.65. The summed E-state index contributed by atoms with van der Waals surface area (Å²) in [5, 5.41) is 5.18. The van der Waals surface area contributed by atoms with E-state index in [0.717, 1.165) is 28.6 Å². The van der Waals surface area contributed by atoms with Crippen molar-refractivity contribution in [1.29, 1.82) is 0 Å². The number of carbonyl (C=O) groups is 6. The lowest BCUT2D eigenvalue weighted by Crippen LogP contribution is -2.53. The van der Waals surface area contributed by atoms with Crippen LogP contribution in [0.4, 0.5) is 0 Å². The highest BCUT2D eigenvalue weighted by Gasteiger charge is 2.30. The van der Waals surface area contributed by atoms with Gasteiger partial charge in [-0.15, -0.1) is 0 Å². The van der Waals surface area contributed by atoms with Gasteiger partial charge in [0.25, 0.3) is 23.6 Å². The minimum absolute atomic E-state index is 0.0650. The van der Waals surface area contributed by atoms with Gasteiger partial charge in [-0.25, -0.2) is 10.9 Å². The Bertz CT molecular complexity index is 1390. The molecule has 0 bridgehead atoms. The fourth-order valence-electron chi connectivity index (χ4n) is 4.56. The summed E-state index contributed by atoms with van der Waals surface area (Å²) in [5.74, 6) is -3.05. The number of hydrogen-bond donors (Lipinski definition) is 6. The molecule has 0 saturated carbocycles. The first kappa shape index (κ1) is 27.8. The Morgan fingerprint density at radius 3 is 2.00 bits per heavy atom. The van der Waals surface area contributed by atoms with E-state index in [0.29, 0.717) is 25.8 Å². The van der Waals surface area contributed by atoms with Crippen molar-refractivity contribution in [2.24, 2.45) is 5.73 Å². The Labute approximate surface area is 223 Å². The van der Waals surface area contributed by atoms with Crippen molar-refractivity contribution in [2.45, 2.75) is 50.6 Å². The molecule has 2 aliphatic heterocycles. The minimum atomic E-state index is -0.867. The lowest BCUT2D eigenvalue weighted by Gasteiger charge is -2.23. The number of aromatic nitrogens is 1. The third kappa shape index (κ3) is 6.99. The van der Waals surface area contributed by atoms with Crippen LogP contribution in [0.1, 0.15) is 37.7 Å². The second-order valence-corrected chi connectivity index (χ2v) is 9.50. The molecule has 0 aliphatic carbocycles. The molecular weight excluding hydrogens is 504 g/mol. The van der Waals surface area contributed by atoms with E-state index in [1.165, 1.54) is 0 Å². The Kier molecular flexibility index (Phi) is 8.92. The number of nitrogens with one attached hydrogen (secondary N) is 5. The van der Waals surface area contributed by atoms with Crippen LogP contribution in [0.5, 0.6) is 0 Å². The number of rotatable bonds is 15. The number of para-hydroxylation sites is 1. The molecule has 0 saturated heterocycles. The van der Waals surface area contributed by atoms with E-state index in [9.17, 15) is 28.8 Å². The van der Waals surface area contributed by atoms with Crippen LogP contribution in [0.3, 0.4) is 0 Å². The van der Waals surface area contributed by atoms with Gasteiger partial charge < -0.3 is 10.7 Å². The number of unbranched alkanes of at least 4 members (excludes halogenated alkanes) is 1. The highest BCUT2D eigenvalue weighted by molar-refractivity contribution is 6.18. The Morgan fingerprint density at radius 2 is 1.41 bits per heavy atom. The van der Waals surface area contributed by atoms with Gasteiger partial charge >= 0.3 is 0 Å². The highest BCUT2D eigenvalue weighted by Crippen LogP contribution is 2.21. The van der Waals surface area contributed by atoms with Gasteiger partial charge in [0.2, 0.25) is 0 Å². The SMILES string of the molecule is NCCCC[C@H](NN[C@@H](Cc1c[nH]c2ccccc12)C(=O)CC1=CC(=O)NC1=O)C(=O)CC1=CC(=O)NC1=O. The number of Topliss-reactive ketones (excluding diaryl/α,β-unsaturated/α-hetero) is 2. The van der Waals surface area contributed by atoms with Gasteiger partial charge in [-0.05, 0) is 37.4 Å². The molecule has 2 aliphatic rings. The van der Waals surface area contributed by atoms with Crippen molar-refractivity contribution in [3.8, 4) is 0 Å². The van der Waals surface area contributed by atoms with Crippen LogP contribution in [0.15, 0.2) is 53.8 Å². The van der Waals surface area contributed by atoms with E-state index in [1.807, 2.05) is 24.3 Å². The monoisotopic (exact) mass is 534 g/mol. The van der Waals surface area contributed by atoms with Gasteiger partial charge in [0, 0.05) is 53.2 Å². The molecule has 2 aromatic rings. The average molecular weight is 535 g/mol. The number of hydrogen-bond acceptors (Lipinski definition) is 9. The zero-order valence-corrected chi connectivity index (χ0v) is 21.2. The maximum absolute atomic E-state index is 13.4. The van der Waals surface area contributed by atoms with Crippen molar-refractivity contribution in [3.63, 3.8) is 0 Å².